The van der Waals surface area contributed by atoms with Gasteiger partial charge in [-0.3, -0.25) is 9.97 Å². The van der Waals surface area contributed by atoms with Gasteiger partial charge in [-0.1, -0.05) is 77.9 Å². The van der Waals surface area contributed by atoms with Gasteiger partial charge in [-0.2, -0.15) is 5.26 Å². The maximum Gasteiger partial charge on any atom is 0.104 e. The Morgan fingerprint density at radius 1 is 0.436 bits per heavy atom. The standard InChI is InChI=1S/C49H32N6/c1-30-15-17-44-36(23-30)34-10-4-7-13-42(34)54(44)48-25-32(26-49(38(48)27-50)55-43-14-8-5-11-35(43)37-24-31(2)16-18-45(37)55)33-9-3-6-12-41(33)53-46-19-21-51-28-39(46)40-29-52-22-20-47(40)53/h3-26,28-29H,1-2H3. The Morgan fingerprint density at radius 2 is 0.891 bits per heavy atom. The number of rotatable bonds is 4. The van der Waals surface area contributed by atoms with Crippen molar-refractivity contribution in [3.05, 3.63) is 175 Å². The Kier molecular flexibility index (Phi) is 6.64. The molecule has 0 aliphatic rings. The summed E-state index contributed by atoms with van der Waals surface area (Å²) in [5.74, 6) is 0. The largest absolute Gasteiger partial charge is 0.308 e. The van der Waals surface area contributed by atoms with E-state index in [1.165, 1.54) is 11.1 Å². The van der Waals surface area contributed by atoms with Crippen LogP contribution in [0.25, 0.3) is 93.6 Å². The van der Waals surface area contributed by atoms with Gasteiger partial charge in [-0.25, -0.2) is 0 Å². The van der Waals surface area contributed by atoms with Crippen LogP contribution in [0, 0.1) is 25.2 Å². The highest BCUT2D eigenvalue weighted by atomic mass is 15.0. The molecule has 0 atom stereocenters. The van der Waals surface area contributed by atoms with Gasteiger partial charge < -0.3 is 13.7 Å². The number of fused-ring (bicyclic) bond motifs is 9. The second-order valence-electron chi connectivity index (χ2n) is 14.4. The van der Waals surface area contributed by atoms with E-state index in [0.717, 1.165) is 93.6 Å². The van der Waals surface area contributed by atoms with Gasteiger partial charge in [-0.15, -0.1) is 0 Å². The van der Waals surface area contributed by atoms with Crippen molar-refractivity contribution in [1.82, 2.24) is 23.7 Å². The Balaban J connectivity index is 1.31. The molecule has 0 saturated heterocycles. The normalized spacial score (nSPS) is 11.8. The van der Waals surface area contributed by atoms with Gasteiger partial charge in [0.15, 0.2) is 0 Å². The van der Waals surface area contributed by atoms with E-state index < -0.39 is 0 Å². The lowest BCUT2D eigenvalue weighted by Crippen LogP contribution is -2.06. The van der Waals surface area contributed by atoms with Crippen molar-refractivity contribution in [2.75, 3.05) is 0 Å². The monoisotopic (exact) mass is 704 g/mol. The summed E-state index contributed by atoms with van der Waals surface area (Å²) in [7, 11) is 0. The SMILES string of the molecule is Cc1ccc2c(c1)c1ccccc1n2-c1cc(-c2ccccc2-n2c3ccncc3c3cnccc32)cc(-n2c3ccccc3c3cc(C)ccc32)c1C#N. The van der Waals surface area contributed by atoms with E-state index in [9.17, 15) is 5.26 Å². The lowest BCUT2D eigenvalue weighted by molar-refractivity contribution is 1.11. The van der Waals surface area contributed by atoms with Crippen molar-refractivity contribution in [2.45, 2.75) is 13.8 Å². The second kappa shape index (κ2) is 11.8. The van der Waals surface area contributed by atoms with Crippen LogP contribution in [0.3, 0.4) is 0 Å². The van der Waals surface area contributed by atoms with Crippen molar-refractivity contribution in [3.63, 3.8) is 0 Å². The fourth-order valence-electron chi connectivity index (χ4n) is 8.81. The summed E-state index contributed by atoms with van der Waals surface area (Å²) in [4.78, 5) is 8.97. The molecule has 0 aliphatic carbocycles. The lowest BCUT2D eigenvalue weighted by atomic mass is 9.98. The molecule has 5 heterocycles. The molecular weight excluding hydrogens is 673 g/mol. The average Bonchev–Trinajstić information content (AvgIpc) is 3.85. The van der Waals surface area contributed by atoms with E-state index in [2.05, 4.69) is 177 Å². The van der Waals surface area contributed by atoms with Crippen molar-refractivity contribution in [1.29, 1.82) is 5.26 Å². The van der Waals surface area contributed by atoms with Crippen molar-refractivity contribution < 1.29 is 0 Å². The maximum absolute atomic E-state index is 11.4. The summed E-state index contributed by atoms with van der Waals surface area (Å²) in [6, 6.07) is 50.1. The molecule has 0 aliphatic heterocycles. The van der Waals surface area contributed by atoms with Gasteiger partial charge >= 0.3 is 0 Å². The third-order valence-electron chi connectivity index (χ3n) is 11.2. The van der Waals surface area contributed by atoms with E-state index in [4.69, 9.17) is 0 Å². The predicted molar refractivity (Wildman–Crippen MR) is 225 cm³/mol. The molecule has 0 radical (unpaired) electrons. The number of para-hydroxylation sites is 3. The number of aromatic nitrogens is 5. The highest BCUT2D eigenvalue weighted by Gasteiger charge is 2.24. The van der Waals surface area contributed by atoms with Crippen LogP contribution in [0.2, 0.25) is 0 Å². The zero-order valence-corrected chi connectivity index (χ0v) is 30.2. The molecule has 0 N–H and O–H groups in total. The number of hydrogen-bond acceptors (Lipinski definition) is 3. The summed E-state index contributed by atoms with van der Waals surface area (Å²) in [6.45, 7) is 4.26. The topological polar surface area (TPSA) is 64.4 Å². The molecule has 6 aromatic carbocycles. The first-order chi connectivity index (χ1) is 27.1. The third kappa shape index (κ3) is 4.47. The smallest absolute Gasteiger partial charge is 0.104 e. The van der Waals surface area contributed by atoms with Gasteiger partial charge in [-0.05, 0) is 86.1 Å². The Labute approximate surface area is 316 Å². The number of pyridine rings is 2. The second-order valence-corrected chi connectivity index (χ2v) is 14.4. The Bertz CT molecular complexity index is 3230. The molecule has 0 unspecified atom stereocenters. The maximum atomic E-state index is 11.4. The van der Waals surface area contributed by atoms with Crippen LogP contribution in [-0.2, 0) is 0 Å². The number of hydrogen-bond donors (Lipinski definition) is 0. The van der Waals surface area contributed by atoms with Gasteiger partial charge in [0.25, 0.3) is 0 Å². The minimum absolute atomic E-state index is 0.599. The van der Waals surface area contributed by atoms with Gasteiger partial charge in [0.1, 0.15) is 11.6 Å². The molecule has 0 saturated carbocycles. The van der Waals surface area contributed by atoms with E-state index in [-0.39, 0.29) is 0 Å². The summed E-state index contributed by atoms with van der Waals surface area (Å²) < 4.78 is 6.88. The minimum Gasteiger partial charge on any atom is -0.308 e. The predicted octanol–water partition coefficient (Wildman–Crippen LogP) is 11.9. The zero-order chi connectivity index (χ0) is 36.8. The first-order valence-corrected chi connectivity index (χ1v) is 18.5. The molecule has 5 aromatic heterocycles. The Hall–Kier alpha value is -7.49. The summed E-state index contributed by atoms with van der Waals surface area (Å²) in [5.41, 5.74) is 14.0. The van der Waals surface area contributed by atoms with Crippen molar-refractivity contribution in [3.8, 4) is 34.3 Å². The van der Waals surface area contributed by atoms with Crippen LogP contribution in [0.5, 0.6) is 0 Å². The highest BCUT2D eigenvalue weighted by Crippen LogP contribution is 2.42. The molecule has 0 bridgehead atoms. The molecule has 258 valence electrons. The van der Waals surface area contributed by atoms with Gasteiger partial charge in [0.2, 0.25) is 0 Å². The number of nitriles is 1. The Morgan fingerprint density at radius 3 is 1.44 bits per heavy atom. The van der Waals surface area contributed by atoms with Crippen LogP contribution in [-0.4, -0.2) is 23.7 Å². The summed E-state index contributed by atoms with van der Waals surface area (Å²) in [6.07, 6.45) is 7.54. The number of benzene rings is 6. The third-order valence-corrected chi connectivity index (χ3v) is 11.2. The first kappa shape index (κ1) is 31.1. The van der Waals surface area contributed by atoms with E-state index in [0.29, 0.717) is 5.56 Å². The zero-order valence-electron chi connectivity index (χ0n) is 30.2. The van der Waals surface area contributed by atoms with E-state index in [1.54, 1.807) is 0 Å². The van der Waals surface area contributed by atoms with Crippen LogP contribution in [0.15, 0.2) is 158 Å². The van der Waals surface area contributed by atoms with Crippen molar-refractivity contribution in [2.24, 2.45) is 0 Å². The minimum atomic E-state index is 0.599. The van der Waals surface area contributed by atoms with E-state index in [1.807, 2.05) is 24.8 Å². The van der Waals surface area contributed by atoms with Crippen LogP contribution < -0.4 is 0 Å². The molecule has 0 amide bonds. The molecular formula is C49H32N6. The molecule has 11 aromatic rings. The fourth-order valence-corrected chi connectivity index (χ4v) is 8.81. The molecule has 0 fully saturated rings. The summed E-state index contributed by atoms with van der Waals surface area (Å²) >= 11 is 0. The highest BCUT2D eigenvalue weighted by molar-refractivity contribution is 6.12. The van der Waals surface area contributed by atoms with Crippen LogP contribution >= 0.6 is 0 Å². The van der Waals surface area contributed by atoms with Gasteiger partial charge in [0, 0.05) is 62.7 Å². The van der Waals surface area contributed by atoms with Crippen LogP contribution in [0.4, 0.5) is 0 Å². The van der Waals surface area contributed by atoms with E-state index >= 15 is 0 Å². The molecule has 11 rings (SSSR count). The fraction of sp³-hybridized carbons (Fsp3) is 0.0408. The van der Waals surface area contributed by atoms with Crippen molar-refractivity contribution >= 4 is 65.4 Å². The number of nitrogens with zero attached hydrogens (tertiary/aromatic N) is 6. The molecule has 6 heteroatoms. The van der Waals surface area contributed by atoms with Crippen LogP contribution in [0.1, 0.15) is 16.7 Å². The quantitative estimate of drug-likeness (QED) is 0.183. The number of aryl methyl sites for hydroxylation is 2. The molecule has 55 heavy (non-hydrogen) atoms. The lowest BCUT2D eigenvalue weighted by Gasteiger charge is -2.20. The van der Waals surface area contributed by atoms with Gasteiger partial charge in [0.05, 0.1) is 50.2 Å². The molecule has 6 nitrogen and oxygen atoms in total. The molecule has 0 spiro atoms. The summed E-state index contributed by atoms with van der Waals surface area (Å²) in [5, 5.41) is 18.1. The average molecular weight is 705 g/mol. The first-order valence-electron chi connectivity index (χ1n) is 18.5.